The largest absolute Gasteiger partial charge is 0.376 e. The van der Waals surface area contributed by atoms with Crippen LogP contribution in [-0.2, 0) is 4.74 Å². The highest BCUT2D eigenvalue weighted by Gasteiger charge is 1.96. The zero-order chi connectivity index (χ0) is 21.8. The molecule has 0 aliphatic heterocycles. The first-order valence-electron chi connectivity index (χ1n) is 14.3. The molecule has 0 N–H and O–H groups in total. The number of hydrogen-bond donors (Lipinski definition) is 0. The first-order chi connectivity index (χ1) is 14.9. The van der Waals surface area contributed by atoms with Gasteiger partial charge in [-0.25, -0.2) is 0 Å². The number of unbranched alkanes of at least 4 members (excludes halogenated alkanes) is 23. The van der Waals surface area contributed by atoms with Gasteiger partial charge in [-0.3, -0.25) is 0 Å². The molecule has 0 spiro atoms. The summed E-state index contributed by atoms with van der Waals surface area (Å²) in [5, 5.41) is 0. The minimum Gasteiger partial charge on any atom is -0.376 e. The smallest absolute Gasteiger partial charge is 0.0836 e. The van der Waals surface area contributed by atoms with E-state index in [0.717, 1.165) is 13.0 Å². The van der Waals surface area contributed by atoms with Gasteiger partial charge in [0.25, 0.3) is 0 Å². The Hall–Kier alpha value is -0.0400. The second kappa shape index (κ2) is 29.0. The Labute approximate surface area is 192 Å². The molecule has 0 atom stereocenters. The van der Waals surface area contributed by atoms with Crippen molar-refractivity contribution in [1.82, 2.24) is 0 Å². The second-order valence-corrected chi connectivity index (χ2v) is 9.60. The topological polar surface area (TPSA) is 9.23 Å². The maximum atomic E-state index is 5.69. The minimum absolute atomic E-state index is 0.939. The lowest BCUT2D eigenvalue weighted by atomic mass is 10.0. The van der Waals surface area contributed by atoms with Crippen LogP contribution in [0.3, 0.4) is 0 Å². The Morgan fingerprint density at radius 2 is 0.667 bits per heavy atom. The molecule has 181 valence electrons. The van der Waals surface area contributed by atoms with Crippen LogP contribution in [0.15, 0.2) is 0 Å². The number of rotatable bonds is 27. The summed E-state index contributed by atoms with van der Waals surface area (Å²) in [5.74, 6) is 0. The van der Waals surface area contributed by atoms with E-state index >= 15 is 0 Å². The van der Waals surface area contributed by atoms with Crippen LogP contribution in [0.2, 0.25) is 0 Å². The minimum atomic E-state index is 0.939. The van der Waals surface area contributed by atoms with Crippen LogP contribution < -0.4 is 0 Å². The van der Waals surface area contributed by atoms with Gasteiger partial charge in [0.2, 0.25) is 0 Å². The third kappa shape index (κ3) is 28.0. The Kier molecular flexibility index (Phi) is 28.9. The molecule has 1 radical (unpaired) electrons. The van der Waals surface area contributed by atoms with Gasteiger partial charge in [0.15, 0.2) is 0 Å². The molecule has 0 aliphatic carbocycles. The first-order valence-corrected chi connectivity index (χ1v) is 14.3. The van der Waals surface area contributed by atoms with Crippen molar-refractivity contribution in [2.75, 3.05) is 6.61 Å². The molecule has 0 unspecified atom stereocenters. The summed E-state index contributed by atoms with van der Waals surface area (Å²) in [6.07, 6.45) is 35.2. The SMILES string of the molecule is CCCCCCCCCCCCCCCCC[CH]OCCCCCCCCCCC. The van der Waals surface area contributed by atoms with Crippen LogP contribution in [0.4, 0.5) is 0 Å². The molecule has 0 saturated heterocycles. The van der Waals surface area contributed by atoms with E-state index < -0.39 is 0 Å². The third-order valence-corrected chi connectivity index (χ3v) is 6.41. The normalized spacial score (nSPS) is 11.4. The van der Waals surface area contributed by atoms with Crippen LogP contribution in [0.1, 0.15) is 174 Å². The summed E-state index contributed by atoms with van der Waals surface area (Å²) in [4.78, 5) is 0. The zero-order valence-electron chi connectivity index (χ0n) is 21.4. The standard InChI is InChI=1S/C29H59O/c1-3-5-7-9-11-13-14-15-16-17-18-19-21-23-25-27-29-30-28-26-24-22-20-12-10-8-6-4-2/h29H,3-28H2,1-2H3. The van der Waals surface area contributed by atoms with Gasteiger partial charge >= 0.3 is 0 Å². The van der Waals surface area contributed by atoms with Crippen molar-refractivity contribution in [2.45, 2.75) is 174 Å². The van der Waals surface area contributed by atoms with Gasteiger partial charge < -0.3 is 4.74 Å². The Morgan fingerprint density at radius 3 is 1.03 bits per heavy atom. The zero-order valence-corrected chi connectivity index (χ0v) is 21.4. The van der Waals surface area contributed by atoms with E-state index in [9.17, 15) is 0 Å². The highest BCUT2D eigenvalue weighted by molar-refractivity contribution is 4.54. The van der Waals surface area contributed by atoms with E-state index in [1.807, 2.05) is 0 Å². The fraction of sp³-hybridized carbons (Fsp3) is 0.966. The molecular weight excluding hydrogens is 364 g/mol. The van der Waals surface area contributed by atoms with Crippen LogP contribution in [0, 0.1) is 6.61 Å². The summed E-state index contributed by atoms with van der Waals surface area (Å²) in [6, 6.07) is 0. The van der Waals surface area contributed by atoms with E-state index in [-0.39, 0.29) is 0 Å². The highest BCUT2D eigenvalue weighted by Crippen LogP contribution is 2.14. The van der Waals surface area contributed by atoms with Crippen molar-refractivity contribution in [1.29, 1.82) is 0 Å². The monoisotopic (exact) mass is 423 g/mol. The van der Waals surface area contributed by atoms with Gasteiger partial charge in [-0.2, -0.15) is 0 Å². The predicted molar refractivity (Wildman–Crippen MR) is 137 cm³/mol. The van der Waals surface area contributed by atoms with Crippen molar-refractivity contribution in [3.63, 3.8) is 0 Å². The van der Waals surface area contributed by atoms with Crippen molar-refractivity contribution in [3.05, 3.63) is 6.61 Å². The summed E-state index contributed by atoms with van der Waals surface area (Å²) >= 11 is 0. The second-order valence-electron chi connectivity index (χ2n) is 9.60. The maximum absolute atomic E-state index is 5.69. The average molecular weight is 424 g/mol. The molecule has 1 heteroatoms. The van der Waals surface area contributed by atoms with Gasteiger partial charge in [-0.1, -0.05) is 162 Å². The third-order valence-electron chi connectivity index (χ3n) is 6.41. The molecule has 0 aliphatic rings. The van der Waals surface area contributed by atoms with E-state index in [4.69, 9.17) is 4.74 Å². The maximum Gasteiger partial charge on any atom is 0.0836 e. The summed E-state index contributed by atoms with van der Waals surface area (Å²) in [6.45, 7) is 7.60. The fourth-order valence-electron chi connectivity index (χ4n) is 4.26. The van der Waals surface area contributed by atoms with Crippen LogP contribution >= 0.6 is 0 Å². The lowest BCUT2D eigenvalue weighted by Crippen LogP contribution is -1.92. The summed E-state index contributed by atoms with van der Waals surface area (Å²) in [7, 11) is 0. The number of hydrogen-bond acceptors (Lipinski definition) is 1. The quantitative estimate of drug-likeness (QED) is 0.119. The Morgan fingerprint density at radius 1 is 0.367 bits per heavy atom. The molecule has 0 aromatic rings. The molecule has 0 aromatic carbocycles. The summed E-state index contributed by atoms with van der Waals surface area (Å²) in [5.41, 5.74) is 0. The Bertz CT molecular complexity index is 248. The van der Waals surface area contributed by atoms with Gasteiger partial charge in [-0.15, -0.1) is 0 Å². The van der Waals surface area contributed by atoms with Gasteiger partial charge in [0.1, 0.15) is 0 Å². The van der Waals surface area contributed by atoms with Crippen molar-refractivity contribution < 1.29 is 4.74 Å². The van der Waals surface area contributed by atoms with E-state index in [1.54, 1.807) is 0 Å². The molecular formula is C29H59O. The van der Waals surface area contributed by atoms with Gasteiger partial charge in [0.05, 0.1) is 6.61 Å². The van der Waals surface area contributed by atoms with Crippen LogP contribution in [0.25, 0.3) is 0 Å². The molecule has 1 nitrogen and oxygen atoms in total. The summed E-state index contributed by atoms with van der Waals surface area (Å²) < 4.78 is 5.69. The van der Waals surface area contributed by atoms with Gasteiger partial charge in [0, 0.05) is 6.61 Å². The number of ether oxygens (including phenoxy) is 1. The van der Waals surface area contributed by atoms with E-state index in [2.05, 4.69) is 20.5 Å². The van der Waals surface area contributed by atoms with Crippen LogP contribution in [-0.4, -0.2) is 6.61 Å². The fourth-order valence-corrected chi connectivity index (χ4v) is 4.26. The molecule has 30 heavy (non-hydrogen) atoms. The Balaban J connectivity index is 2.97. The van der Waals surface area contributed by atoms with Crippen molar-refractivity contribution in [3.8, 4) is 0 Å². The van der Waals surface area contributed by atoms with E-state index in [1.165, 1.54) is 154 Å². The lowest BCUT2D eigenvalue weighted by Gasteiger charge is -2.05. The highest BCUT2D eigenvalue weighted by atomic mass is 16.5. The van der Waals surface area contributed by atoms with Crippen molar-refractivity contribution in [2.24, 2.45) is 0 Å². The molecule has 0 amide bonds. The molecule has 0 rings (SSSR count). The molecule has 0 saturated carbocycles. The molecule has 0 heterocycles. The average Bonchev–Trinajstić information content (AvgIpc) is 2.76. The molecule has 0 fully saturated rings. The van der Waals surface area contributed by atoms with E-state index in [0.29, 0.717) is 0 Å². The predicted octanol–water partition coefficient (Wildman–Crippen LogP) is 11.0. The lowest BCUT2D eigenvalue weighted by molar-refractivity contribution is 0.183. The molecule has 0 bridgehead atoms. The van der Waals surface area contributed by atoms with Gasteiger partial charge in [-0.05, 0) is 12.8 Å². The van der Waals surface area contributed by atoms with Crippen LogP contribution in [0.5, 0.6) is 0 Å². The van der Waals surface area contributed by atoms with Crippen molar-refractivity contribution >= 4 is 0 Å². The molecule has 0 aromatic heterocycles. The first kappa shape index (κ1) is 30.0.